The number of rotatable bonds is 5. The molecule has 4 rings (SSSR count). The third kappa shape index (κ3) is 3.50. The Labute approximate surface area is 172 Å². The second-order valence-electron chi connectivity index (χ2n) is 6.83. The minimum absolute atomic E-state index is 0.0110. The number of hydrogen-bond donors (Lipinski definition) is 1. The number of benzene rings is 2. The van der Waals surface area contributed by atoms with E-state index in [0.717, 1.165) is 10.9 Å². The van der Waals surface area contributed by atoms with Gasteiger partial charge in [-0.3, -0.25) is 14.9 Å². The zero-order valence-electron chi connectivity index (χ0n) is 16.5. The molecule has 0 unspecified atom stereocenters. The molecule has 0 bridgehead atoms. The van der Waals surface area contributed by atoms with Crippen molar-refractivity contribution in [3.8, 4) is 5.82 Å². The second kappa shape index (κ2) is 7.75. The molecule has 8 heteroatoms. The van der Waals surface area contributed by atoms with Gasteiger partial charge < -0.3 is 5.32 Å². The van der Waals surface area contributed by atoms with Crippen LogP contribution in [0.4, 0.5) is 11.4 Å². The number of para-hydroxylation sites is 1. The lowest BCUT2D eigenvalue weighted by molar-refractivity contribution is -0.385. The molecule has 0 aliphatic heterocycles. The van der Waals surface area contributed by atoms with Crippen LogP contribution in [0.5, 0.6) is 0 Å². The Hall–Kier alpha value is -4.07. The summed E-state index contributed by atoms with van der Waals surface area (Å²) in [6.45, 7) is 3.63. The van der Waals surface area contributed by atoms with Crippen LogP contribution < -0.4 is 5.32 Å². The largest absolute Gasteiger partial charge is 0.322 e. The Morgan fingerprint density at radius 1 is 1.17 bits per heavy atom. The van der Waals surface area contributed by atoms with E-state index in [4.69, 9.17) is 0 Å². The van der Waals surface area contributed by atoms with Crippen molar-refractivity contribution in [3.63, 3.8) is 0 Å². The van der Waals surface area contributed by atoms with Crippen molar-refractivity contribution < 1.29 is 9.72 Å². The molecular formula is C22H19N5O3. The van der Waals surface area contributed by atoms with E-state index >= 15 is 0 Å². The summed E-state index contributed by atoms with van der Waals surface area (Å²) in [4.78, 5) is 28.2. The molecule has 0 aliphatic carbocycles. The third-order valence-corrected chi connectivity index (χ3v) is 4.98. The molecule has 8 nitrogen and oxygen atoms in total. The summed E-state index contributed by atoms with van der Waals surface area (Å²) in [5.74, 6) is 0.214. The first-order chi connectivity index (χ1) is 14.5. The van der Waals surface area contributed by atoms with Gasteiger partial charge in [0.1, 0.15) is 0 Å². The van der Waals surface area contributed by atoms with Crippen LogP contribution in [-0.4, -0.2) is 25.6 Å². The number of aromatic nitrogens is 3. The maximum atomic E-state index is 12.8. The number of carbonyl (C=O) groups is 1. The van der Waals surface area contributed by atoms with Crippen LogP contribution >= 0.6 is 0 Å². The molecule has 4 aromatic rings. The molecule has 2 heterocycles. The van der Waals surface area contributed by atoms with Crippen LogP contribution in [0.15, 0.2) is 60.8 Å². The minimum Gasteiger partial charge on any atom is -0.322 e. The van der Waals surface area contributed by atoms with E-state index in [9.17, 15) is 14.9 Å². The number of aryl methyl sites for hydroxylation is 1. The predicted octanol–water partition coefficient (Wildman–Crippen LogP) is 4.45. The molecule has 0 saturated heterocycles. The van der Waals surface area contributed by atoms with Gasteiger partial charge in [-0.15, -0.1) is 0 Å². The first kappa shape index (κ1) is 19.3. The fourth-order valence-corrected chi connectivity index (χ4v) is 3.35. The minimum atomic E-state index is -0.441. The number of nitro benzene ring substituents is 1. The highest BCUT2D eigenvalue weighted by molar-refractivity contribution is 6.05. The van der Waals surface area contributed by atoms with E-state index in [1.54, 1.807) is 23.7 Å². The van der Waals surface area contributed by atoms with Crippen LogP contribution in [-0.2, 0) is 6.42 Å². The van der Waals surface area contributed by atoms with Crippen molar-refractivity contribution in [2.45, 2.75) is 20.3 Å². The summed E-state index contributed by atoms with van der Waals surface area (Å²) in [6, 6.07) is 16.2. The molecule has 0 atom stereocenters. The molecule has 1 N–H and O–H groups in total. The number of anilines is 1. The second-order valence-corrected chi connectivity index (χ2v) is 6.83. The molecule has 0 radical (unpaired) electrons. The zero-order valence-corrected chi connectivity index (χ0v) is 16.5. The fraction of sp³-hybridized carbons (Fsp3) is 0.136. The van der Waals surface area contributed by atoms with Crippen molar-refractivity contribution in [1.29, 1.82) is 0 Å². The number of pyridine rings is 1. The molecule has 0 saturated carbocycles. The molecular weight excluding hydrogens is 382 g/mol. The van der Waals surface area contributed by atoms with E-state index in [0.29, 0.717) is 34.7 Å². The number of nitro groups is 1. The van der Waals surface area contributed by atoms with E-state index in [1.165, 1.54) is 12.3 Å². The van der Waals surface area contributed by atoms with Crippen molar-refractivity contribution in [2.75, 3.05) is 5.32 Å². The topological polar surface area (TPSA) is 103 Å². The highest BCUT2D eigenvalue weighted by atomic mass is 16.6. The number of carbonyl (C=O) groups excluding carboxylic acids is 1. The Morgan fingerprint density at radius 2 is 1.97 bits per heavy atom. The van der Waals surface area contributed by atoms with Gasteiger partial charge in [-0.05, 0) is 37.6 Å². The number of amides is 1. The average Bonchev–Trinajstić information content (AvgIpc) is 3.14. The lowest BCUT2D eigenvalue weighted by atomic mass is 10.1. The van der Waals surface area contributed by atoms with Gasteiger partial charge in [-0.25, -0.2) is 9.67 Å². The summed E-state index contributed by atoms with van der Waals surface area (Å²) in [5, 5.41) is 19.3. The first-order valence-corrected chi connectivity index (χ1v) is 9.47. The molecule has 30 heavy (non-hydrogen) atoms. The number of nitrogens with one attached hydrogen (secondary N) is 1. The monoisotopic (exact) mass is 401 g/mol. The van der Waals surface area contributed by atoms with Crippen molar-refractivity contribution >= 4 is 28.2 Å². The van der Waals surface area contributed by atoms with Gasteiger partial charge in [0.25, 0.3) is 11.6 Å². The standard InChI is InChI=1S/C22H19N5O3/c1-3-15-8-10-17(12-20(15)27(29)30)24-22(28)18-13-23-26(14(18)2)21-11-9-16-6-4-5-7-19(16)25-21/h4-13H,3H2,1-2H3,(H,24,28). The maximum absolute atomic E-state index is 12.8. The molecule has 1 amide bonds. The van der Waals surface area contributed by atoms with Crippen LogP contribution in [0, 0.1) is 17.0 Å². The molecule has 2 aromatic heterocycles. The van der Waals surface area contributed by atoms with E-state index in [2.05, 4.69) is 15.4 Å². The SMILES string of the molecule is CCc1ccc(NC(=O)c2cnn(-c3ccc4ccccc4n3)c2C)cc1[N+](=O)[O-]. The summed E-state index contributed by atoms with van der Waals surface area (Å²) in [6.07, 6.45) is 2.01. The van der Waals surface area contributed by atoms with Crippen LogP contribution in [0.2, 0.25) is 0 Å². The zero-order chi connectivity index (χ0) is 21.3. The third-order valence-electron chi connectivity index (χ3n) is 4.98. The van der Waals surface area contributed by atoms with E-state index in [1.807, 2.05) is 43.3 Å². The van der Waals surface area contributed by atoms with Gasteiger partial charge in [0.2, 0.25) is 0 Å². The molecule has 0 fully saturated rings. The summed E-state index contributed by atoms with van der Waals surface area (Å²) < 4.78 is 1.60. The average molecular weight is 401 g/mol. The van der Waals surface area contributed by atoms with Gasteiger partial charge in [0.05, 0.1) is 27.9 Å². The van der Waals surface area contributed by atoms with Crippen molar-refractivity contribution in [3.05, 3.63) is 87.7 Å². The van der Waals surface area contributed by atoms with Crippen molar-refractivity contribution in [2.24, 2.45) is 0 Å². The number of hydrogen-bond acceptors (Lipinski definition) is 5. The smallest absolute Gasteiger partial charge is 0.274 e. The van der Waals surface area contributed by atoms with Gasteiger partial charge in [-0.2, -0.15) is 5.10 Å². The quantitative estimate of drug-likeness (QED) is 0.393. The molecule has 150 valence electrons. The summed E-state index contributed by atoms with van der Waals surface area (Å²) >= 11 is 0. The fourth-order valence-electron chi connectivity index (χ4n) is 3.35. The van der Waals surface area contributed by atoms with Gasteiger partial charge in [-0.1, -0.05) is 31.2 Å². The maximum Gasteiger partial charge on any atom is 0.274 e. The van der Waals surface area contributed by atoms with Gasteiger partial charge in [0.15, 0.2) is 5.82 Å². The Morgan fingerprint density at radius 3 is 2.73 bits per heavy atom. The van der Waals surface area contributed by atoms with E-state index in [-0.39, 0.29) is 5.69 Å². The van der Waals surface area contributed by atoms with Crippen LogP contribution in [0.3, 0.4) is 0 Å². The van der Waals surface area contributed by atoms with Crippen molar-refractivity contribution in [1.82, 2.24) is 14.8 Å². The van der Waals surface area contributed by atoms with Crippen LogP contribution in [0.25, 0.3) is 16.7 Å². The molecule has 0 spiro atoms. The first-order valence-electron chi connectivity index (χ1n) is 9.47. The molecule has 0 aliphatic rings. The highest BCUT2D eigenvalue weighted by Crippen LogP contribution is 2.24. The Kier molecular flexibility index (Phi) is 4.97. The van der Waals surface area contributed by atoms with Crippen LogP contribution in [0.1, 0.15) is 28.5 Å². The molecule has 2 aromatic carbocycles. The Bertz CT molecular complexity index is 1280. The number of fused-ring (bicyclic) bond motifs is 1. The number of nitrogens with zero attached hydrogens (tertiary/aromatic N) is 4. The summed E-state index contributed by atoms with van der Waals surface area (Å²) in [5.41, 5.74) is 2.79. The van der Waals surface area contributed by atoms with Gasteiger partial charge in [0, 0.05) is 22.7 Å². The highest BCUT2D eigenvalue weighted by Gasteiger charge is 2.18. The normalized spacial score (nSPS) is 10.9. The Balaban J connectivity index is 1.62. The summed E-state index contributed by atoms with van der Waals surface area (Å²) in [7, 11) is 0. The van der Waals surface area contributed by atoms with E-state index < -0.39 is 10.8 Å². The lowest BCUT2D eigenvalue weighted by Gasteiger charge is -2.08. The lowest BCUT2D eigenvalue weighted by Crippen LogP contribution is -2.13. The predicted molar refractivity (Wildman–Crippen MR) is 114 cm³/mol. The van der Waals surface area contributed by atoms with Gasteiger partial charge >= 0.3 is 0 Å².